The average molecular weight is 121 g/mol. The van der Waals surface area contributed by atoms with Crippen LogP contribution in [0.2, 0.25) is 0 Å². The van der Waals surface area contributed by atoms with Gasteiger partial charge in [-0.25, -0.2) is 0 Å². The Hall–Kier alpha value is -1.30. The monoisotopic (exact) mass is 121 g/mol. The van der Waals surface area contributed by atoms with Crippen molar-refractivity contribution in [2.45, 2.75) is 6.92 Å². The van der Waals surface area contributed by atoms with E-state index in [1.54, 1.807) is 0 Å². The Bertz CT molecular complexity index is 229. The predicted octanol–water partition coefficient (Wildman–Crippen LogP) is 0.197. The zero-order valence-corrected chi connectivity index (χ0v) is 5.18. The Morgan fingerprint density at radius 1 is 1.78 bits per heavy atom. The van der Waals surface area contributed by atoms with Crippen LogP contribution in [0.4, 0.5) is 0 Å². The lowest BCUT2D eigenvalue weighted by Crippen LogP contribution is -2.10. The second-order valence-electron chi connectivity index (χ2n) is 1.97. The van der Waals surface area contributed by atoms with E-state index >= 15 is 0 Å². The molecule has 1 heterocycles. The molecule has 0 saturated carbocycles. The summed E-state index contributed by atoms with van der Waals surface area (Å²) in [6.07, 6.45) is 0. The van der Waals surface area contributed by atoms with Gasteiger partial charge in [0.2, 0.25) is 0 Å². The first-order valence-electron chi connectivity index (χ1n) is 2.66. The number of rotatable bonds is 0. The molecule has 0 aromatic carbocycles. The van der Waals surface area contributed by atoms with Crippen molar-refractivity contribution in [3.05, 3.63) is 11.1 Å². The molecule has 1 rings (SSSR count). The van der Waals surface area contributed by atoms with Gasteiger partial charge in [0.15, 0.2) is 0 Å². The van der Waals surface area contributed by atoms with Crippen LogP contribution in [-0.4, -0.2) is 12.4 Å². The second kappa shape index (κ2) is 1.90. The molecular weight excluding hydrogens is 114 g/mol. The van der Waals surface area contributed by atoms with Gasteiger partial charge in [0.1, 0.15) is 11.9 Å². The fraction of sp³-hybridized carbons (Fsp3) is 0.333. The Kier molecular flexibility index (Phi) is 1.23. The van der Waals surface area contributed by atoms with E-state index < -0.39 is 0 Å². The molecule has 0 aromatic rings. The van der Waals surface area contributed by atoms with Gasteiger partial charge in [-0.05, 0) is 12.5 Å². The average Bonchev–Trinajstić information content (AvgIpc) is 2.12. The zero-order valence-electron chi connectivity index (χ0n) is 5.18. The van der Waals surface area contributed by atoms with Crippen LogP contribution < -0.4 is 5.73 Å². The van der Waals surface area contributed by atoms with E-state index in [1.807, 2.05) is 13.0 Å². The van der Waals surface area contributed by atoms with E-state index in [9.17, 15) is 0 Å². The Labute approximate surface area is 53.5 Å². The van der Waals surface area contributed by atoms with E-state index in [1.165, 1.54) is 0 Å². The smallest absolute Gasteiger partial charge is 0.136 e. The van der Waals surface area contributed by atoms with Crippen LogP contribution in [0.3, 0.4) is 0 Å². The number of hydrogen-bond acceptors (Lipinski definition) is 3. The predicted molar refractivity (Wildman–Crippen MR) is 34.8 cm³/mol. The van der Waals surface area contributed by atoms with Gasteiger partial charge >= 0.3 is 0 Å². The Morgan fingerprint density at radius 3 is 2.67 bits per heavy atom. The largest absolute Gasteiger partial charge is 0.383 e. The molecule has 2 N–H and O–H groups in total. The Balaban J connectivity index is 3.01. The summed E-state index contributed by atoms with van der Waals surface area (Å²) < 4.78 is 0. The van der Waals surface area contributed by atoms with Crippen LogP contribution in [0.15, 0.2) is 16.1 Å². The van der Waals surface area contributed by atoms with E-state index in [0.717, 1.165) is 5.57 Å². The van der Waals surface area contributed by atoms with E-state index in [2.05, 4.69) is 4.99 Å². The van der Waals surface area contributed by atoms with Crippen molar-refractivity contribution < 1.29 is 0 Å². The third kappa shape index (κ3) is 0.789. The SMILES string of the molecule is CC1=C(C#N)C(N)=NC1. The summed E-state index contributed by atoms with van der Waals surface area (Å²) in [6.45, 7) is 2.46. The molecule has 0 spiro atoms. The number of amidine groups is 1. The first kappa shape index (κ1) is 5.83. The Morgan fingerprint density at radius 2 is 2.44 bits per heavy atom. The lowest BCUT2D eigenvalue weighted by atomic mass is 10.2. The van der Waals surface area contributed by atoms with Gasteiger partial charge in [-0.15, -0.1) is 0 Å². The molecule has 0 atom stereocenters. The maximum Gasteiger partial charge on any atom is 0.136 e. The molecule has 0 saturated heterocycles. The van der Waals surface area contributed by atoms with Crippen molar-refractivity contribution in [1.29, 1.82) is 5.26 Å². The van der Waals surface area contributed by atoms with Gasteiger partial charge in [0, 0.05) is 0 Å². The molecule has 1 aliphatic heterocycles. The van der Waals surface area contributed by atoms with Gasteiger partial charge in [-0.3, -0.25) is 4.99 Å². The third-order valence-corrected chi connectivity index (χ3v) is 1.28. The topological polar surface area (TPSA) is 62.2 Å². The molecule has 0 aliphatic carbocycles. The summed E-state index contributed by atoms with van der Waals surface area (Å²) in [4.78, 5) is 3.87. The molecule has 3 nitrogen and oxygen atoms in total. The molecule has 9 heavy (non-hydrogen) atoms. The maximum absolute atomic E-state index is 8.44. The standard InChI is InChI=1S/C6H7N3/c1-4-3-9-6(8)5(4)2-7/h3H2,1H3,(H2,8,9). The van der Waals surface area contributed by atoms with Crippen molar-refractivity contribution in [3.63, 3.8) is 0 Å². The van der Waals surface area contributed by atoms with Crippen LogP contribution in [0, 0.1) is 11.3 Å². The van der Waals surface area contributed by atoms with E-state index in [4.69, 9.17) is 11.0 Å². The van der Waals surface area contributed by atoms with E-state index in [0.29, 0.717) is 18.0 Å². The molecule has 0 fully saturated rings. The number of aliphatic imine (C=N–C) groups is 1. The lowest BCUT2D eigenvalue weighted by Gasteiger charge is -1.87. The molecule has 0 bridgehead atoms. The summed E-state index contributed by atoms with van der Waals surface area (Å²) in [5.74, 6) is 0.384. The summed E-state index contributed by atoms with van der Waals surface area (Å²) in [7, 11) is 0. The summed E-state index contributed by atoms with van der Waals surface area (Å²) in [6, 6.07) is 1.99. The highest BCUT2D eigenvalue weighted by Crippen LogP contribution is 2.09. The van der Waals surface area contributed by atoms with Crippen molar-refractivity contribution in [3.8, 4) is 6.07 Å². The molecule has 1 aliphatic rings. The first-order chi connectivity index (χ1) is 4.25. The molecule has 0 unspecified atom stereocenters. The van der Waals surface area contributed by atoms with Gasteiger partial charge < -0.3 is 5.73 Å². The molecule has 0 aromatic heterocycles. The van der Waals surface area contributed by atoms with Crippen molar-refractivity contribution in [1.82, 2.24) is 0 Å². The van der Waals surface area contributed by atoms with Crippen molar-refractivity contribution in [2.24, 2.45) is 10.7 Å². The molecular formula is C6H7N3. The van der Waals surface area contributed by atoms with Crippen LogP contribution in [0.25, 0.3) is 0 Å². The molecule has 0 radical (unpaired) electrons. The maximum atomic E-state index is 8.44. The molecule has 3 heteroatoms. The molecule has 0 amide bonds. The number of hydrogen-bond donors (Lipinski definition) is 1. The van der Waals surface area contributed by atoms with Gasteiger partial charge in [0.25, 0.3) is 0 Å². The highest BCUT2D eigenvalue weighted by Gasteiger charge is 2.11. The van der Waals surface area contributed by atoms with Crippen LogP contribution in [0.1, 0.15) is 6.92 Å². The summed E-state index contributed by atoms with van der Waals surface area (Å²) >= 11 is 0. The third-order valence-electron chi connectivity index (χ3n) is 1.28. The fourth-order valence-corrected chi connectivity index (χ4v) is 0.733. The normalized spacial score (nSPS) is 17.6. The minimum absolute atomic E-state index is 0.384. The van der Waals surface area contributed by atoms with Crippen molar-refractivity contribution in [2.75, 3.05) is 6.54 Å². The number of nitriles is 1. The zero-order chi connectivity index (χ0) is 6.85. The van der Waals surface area contributed by atoms with Crippen LogP contribution in [0.5, 0.6) is 0 Å². The lowest BCUT2D eigenvalue weighted by molar-refractivity contribution is 1.17. The van der Waals surface area contributed by atoms with Gasteiger partial charge in [0.05, 0.1) is 12.1 Å². The minimum atomic E-state index is 0.384. The number of nitrogens with two attached hydrogens (primary N) is 1. The van der Waals surface area contributed by atoms with Crippen molar-refractivity contribution >= 4 is 5.84 Å². The minimum Gasteiger partial charge on any atom is -0.383 e. The highest BCUT2D eigenvalue weighted by atomic mass is 14.9. The highest BCUT2D eigenvalue weighted by molar-refractivity contribution is 6.03. The fourth-order valence-electron chi connectivity index (χ4n) is 0.733. The molecule has 46 valence electrons. The van der Waals surface area contributed by atoms with Gasteiger partial charge in [-0.1, -0.05) is 0 Å². The van der Waals surface area contributed by atoms with Crippen LogP contribution in [-0.2, 0) is 0 Å². The summed E-state index contributed by atoms with van der Waals surface area (Å²) in [5.41, 5.74) is 6.87. The number of nitrogens with zero attached hydrogens (tertiary/aromatic N) is 2. The van der Waals surface area contributed by atoms with Crippen LogP contribution >= 0.6 is 0 Å². The summed E-state index contributed by atoms with van der Waals surface area (Å²) in [5, 5.41) is 8.44. The van der Waals surface area contributed by atoms with E-state index in [-0.39, 0.29) is 0 Å². The second-order valence-corrected chi connectivity index (χ2v) is 1.97. The quantitative estimate of drug-likeness (QED) is 0.497. The van der Waals surface area contributed by atoms with Gasteiger partial charge in [-0.2, -0.15) is 5.26 Å². The first-order valence-corrected chi connectivity index (χ1v) is 2.66.